The summed E-state index contributed by atoms with van der Waals surface area (Å²) >= 11 is 5.77. The van der Waals surface area contributed by atoms with E-state index in [-0.39, 0.29) is 35.7 Å². The number of hydrogen-bond donors (Lipinski definition) is 1. The second-order valence-corrected chi connectivity index (χ2v) is 7.00. The summed E-state index contributed by atoms with van der Waals surface area (Å²) in [6, 6.07) is 7.81. The zero-order valence-corrected chi connectivity index (χ0v) is 16.8. The van der Waals surface area contributed by atoms with Gasteiger partial charge in [0, 0.05) is 35.2 Å². The Morgan fingerprint density at radius 1 is 1.31 bits per heavy atom. The van der Waals surface area contributed by atoms with Gasteiger partial charge in [0.15, 0.2) is 12.4 Å². The Balaban J connectivity index is 1.63. The summed E-state index contributed by atoms with van der Waals surface area (Å²) in [4.78, 5) is 22.7. The molecule has 0 bridgehead atoms. The number of nitrogens with zero attached hydrogens (tertiary/aromatic N) is 1. The van der Waals surface area contributed by atoms with E-state index in [9.17, 15) is 14.9 Å². The lowest BCUT2D eigenvalue weighted by molar-refractivity contribution is -0.385. The molecule has 1 N–H and O–H groups in total. The van der Waals surface area contributed by atoms with E-state index in [0.717, 1.165) is 23.3 Å². The zero-order chi connectivity index (χ0) is 21.0. The number of ether oxygens (including phenoxy) is 3. The first kappa shape index (κ1) is 20.7. The average Bonchev–Trinajstić information content (AvgIpc) is 3.04. The van der Waals surface area contributed by atoms with Crippen LogP contribution in [0, 0.1) is 10.1 Å². The molecule has 1 aliphatic rings. The first-order valence-corrected chi connectivity index (χ1v) is 9.53. The minimum Gasteiger partial charge on any atom is -0.494 e. The normalized spacial score (nSPS) is 14.7. The van der Waals surface area contributed by atoms with Gasteiger partial charge in [-0.25, -0.2) is 0 Å². The van der Waals surface area contributed by atoms with Gasteiger partial charge >= 0.3 is 5.69 Å². The topological polar surface area (TPSA) is 99.9 Å². The van der Waals surface area contributed by atoms with Gasteiger partial charge in [-0.15, -0.1) is 0 Å². The molecule has 1 amide bonds. The summed E-state index contributed by atoms with van der Waals surface area (Å²) < 4.78 is 16.8. The molecular weight excluding hydrogens is 400 g/mol. The van der Waals surface area contributed by atoms with Gasteiger partial charge in [0.2, 0.25) is 0 Å². The van der Waals surface area contributed by atoms with Crippen molar-refractivity contribution in [3.63, 3.8) is 0 Å². The number of carbonyl (C=O) groups excluding carboxylic acids is 1. The van der Waals surface area contributed by atoms with Crippen molar-refractivity contribution in [2.75, 3.05) is 13.2 Å². The number of rotatable bonds is 8. The quantitative estimate of drug-likeness (QED) is 0.516. The van der Waals surface area contributed by atoms with Crippen LogP contribution in [0.2, 0.25) is 5.02 Å². The van der Waals surface area contributed by atoms with Crippen LogP contribution in [0.5, 0.6) is 17.2 Å². The van der Waals surface area contributed by atoms with Crippen molar-refractivity contribution in [1.29, 1.82) is 0 Å². The van der Waals surface area contributed by atoms with E-state index >= 15 is 0 Å². The second kappa shape index (κ2) is 9.00. The molecule has 1 aliphatic heterocycles. The molecule has 0 saturated carbocycles. The fourth-order valence-corrected chi connectivity index (χ4v) is 3.22. The smallest absolute Gasteiger partial charge is 0.312 e. The zero-order valence-electron chi connectivity index (χ0n) is 16.1. The highest BCUT2D eigenvalue weighted by Gasteiger charge is 2.22. The molecule has 0 aliphatic carbocycles. The molecule has 0 unspecified atom stereocenters. The van der Waals surface area contributed by atoms with Crippen molar-refractivity contribution < 1.29 is 23.9 Å². The van der Waals surface area contributed by atoms with E-state index < -0.39 is 10.8 Å². The maximum absolute atomic E-state index is 12.2. The number of fused-ring (bicyclic) bond motifs is 1. The Hall–Kier alpha value is -3.00. The van der Waals surface area contributed by atoms with Crippen molar-refractivity contribution in [3.8, 4) is 17.2 Å². The largest absolute Gasteiger partial charge is 0.494 e. The number of nitro benzene ring substituents is 1. The highest BCUT2D eigenvalue weighted by atomic mass is 35.5. The Morgan fingerprint density at radius 3 is 2.83 bits per heavy atom. The molecule has 29 heavy (non-hydrogen) atoms. The van der Waals surface area contributed by atoms with Gasteiger partial charge in [0.25, 0.3) is 5.91 Å². The third-order valence-electron chi connectivity index (χ3n) is 4.33. The van der Waals surface area contributed by atoms with E-state index in [0.29, 0.717) is 12.4 Å². The molecule has 9 heteroatoms. The molecular formula is C20H21ClN2O6. The fourth-order valence-electron chi connectivity index (χ4n) is 3.05. The standard InChI is InChI=1S/C20H21ClN2O6/c1-3-27-18-7-13-6-12(2)29-19(13)8-14(18)10-22-20(24)11-28-17-5-4-15(21)9-16(17)23(25)26/h4-5,7-9,12H,3,6,10-11H2,1-2H3,(H,22,24)/t12-/m1/s1. The second-order valence-electron chi connectivity index (χ2n) is 6.57. The average molecular weight is 421 g/mol. The van der Waals surface area contributed by atoms with E-state index in [1.54, 1.807) is 0 Å². The maximum atomic E-state index is 12.2. The Morgan fingerprint density at radius 2 is 2.10 bits per heavy atom. The number of nitro groups is 1. The lowest BCUT2D eigenvalue weighted by atomic mass is 10.1. The fraction of sp³-hybridized carbons (Fsp3) is 0.350. The molecule has 8 nitrogen and oxygen atoms in total. The van der Waals surface area contributed by atoms with Crippen LogP contribution < -0.4 is 19.5 Å². The van der Waals surface area contributed by atoms with Crippen molar-refractivity contribution in [1.82, 2.24) is 5.32 Å². The summed E-state index contributed by atoms with van der Waals surface area (Å²) in [5.74, 6) is 1.03. The van der Waals surface area contributed by atoms with Crippen LogP contribution in [0.4, 0.5) is 5.69 Å². The van der Waals surface area contributed by atoms with Crippen LogP contribution in [-0.2, 0) is 17.8 Å². The number of halogens is 1. The molecule has 0 radical (unpaired) electrons. The molecule has 2 aromatic carbocycles. The van der Waals surface area contributed by atoms with Gasteiger partial charge in [0.1, 0.15) is 17.6 Å². The lowest BCUT2D eigenvalue weighted by Gasteiger charge is -2.13. The molecule has 154 valence electrons. The van der Waals surface area contributed by atoms with E-state index in [1.165, 1.54) is 18.2 Å². The van der Waals surface area contributed by atoms with Gasteiger partial charge in [-0.2, -0.15) is 0 Å². The molecule has 1 heterocycles. The Labute approximate surface area is 172 Å². The van der Waals surface area contributed by atoms with Crippen LogP contribution in [-0.4, -0.2) is 30.1 Å². The van der Waals surface area contributed by atoms with Gasteiger partial charge in [-0.1, -0.05) is 11.6 Å². The predicted molar refractivity (Wildman–Crippen MR) is 107 cm³/mol. The van der Waals surface area contributed by atoms with Gasteiger partial charge < -0.3 is 19.5 Å². The molecule has 1 atom stereocenters. The van der Waals surface area contributed by atoms with E-state index in [1.807, 2.05) is 26.0 Å². The van der Waals surface area contributed by atoms with E-state index in [4.69, 9.17) is 25.8 Å². The van der Waals surface area contributed by atoms with Crippen LogP contribution in [0.25, 0.3) is 0 Å². The first-order chi connectivity index (χ1) is 13.9. The summed E-state index contributed by atoms with van der Waals surface area (Å²) in [6.45, 7) is 4.23. The highest BCUT2D eigenvalue weighted by molar-refractivity contribution is 6.30. The molecule has 0 spiro atoms. The van der Waals surface area contributed by atoms with E-state index in [2.05, 4.69) is 5.32 Å². The lowest BCUT2D eigenvalue weighted by Crippen LogP contribution is -2.28. The van der Waals surface area contributed by atoms with Gasteiger partial charge in [0.05, 0.1) is 11.5 Å². The minimum atomic E-state index is -0.612. The first-order valence-electron chi connectivity index (χ1n) is 9.16. The van der Waals surface area contributed by atoms with Crippen LogP contribution in [0.1, 0.15) is 25.0 Å². The summed E-state index contributed by atoms with van der Waals surface area (Å²) in [7, 11) is 0. The van der Waals surface area contributed by atoms with Crippen LogP contribution in [0.3, 0.4) is 0 Å². The monoisotopic (exact) mass is 420 g/mol. The molecule has 3 rings (SSSR count). The molecule has 0 aromatic heterocycles. The third-order valence-corrected chi connectivity index (χ3v) is 4.57. The minimum absolute atomic E-state index is 0.0236. The highest BCUT2D eigenvalue weighted by Crippen LogP contribution is 2.35. The predicted octanol–water partition coefficient (Wildman–Crippen LogP) is 3.67. The van der Waals surface area contributed by atoms with Crippen LogP contribution in [0.15, 0.2) is 30.3 Å². The molecule has 2 aromatic rings. The number of amides is 1. The Kier molecular flexibility index (Phi) is 6.43. The molecule has 0 fully saturated rings. The van der Waals surface area contributed by atoms with Crippen LogP contribution >= 0.6 is 11.6 Å². The summed E-state index contributed by atoms with van der Waals surface area (Å²) in [5.41, 5.74) is 1.56. The van der Waals surface area contributed by atoms with Crippen molar-refractivity contribution in [2.24, 2.45) is 0 Å². The number of nitrogens with one attached hydrogen (secondary N) is 1. The summed E-state index contributed by atoms with van der Waals surface area (Å²) in [5, 5.41) is 14.0. The maximum Gasteiger partial charge on any atom is 0.312 e. The van der Waals surface area contributed by atoms with Crippen molar-refractivity contribution in [2.45, 2.75) is 32.9 Å². The van der Waals surface area contributed by atoms with Gasteiger partial charge in [-0.3, -0.25) is 14.9 Å². The number of benzene rings is 2. The van der Waals surface area contributed by atoms with Gasteiger partial charge in [-0.05, 0) is 38.1 Å². The number of carbonyl (C=O) groups is 1. The van der Waals surface area contributed by atoms with Crippen molar-refractivity contribution >= 4 is 23.2 Å². The van der Waals surface area contributed by atoms with Crippen molar-refractivity contribution in [3.05, 3.63) is 56.6 Å². The summed E-state index contributed by atoms with van der Waals surface area (Å²) in [6.07, 6.45) is 0.920. The Bertz CT molecular complexity index is 933. The molecule has 0 saturated heterocycles. The SMILES string of the molecule is CCOc1cc2c(cc1CNC(=O)COc1ccc(Cl)cc1[N+](=O)[O-])O[C@H](C)C2. The third kappa shape index (κ3) is 5.08. The number of hydrogen-bond acceptors (Lipinski definition) is 6.